The Morgan fingerprint density at radius 1 is 1.06 bits per heavy atom. The summed E-state index contributed by atoms with van der Waals surface area (Å²) in [6.07, 6.45) is 1.15. The highest BCUT2D eigenvalue weighted by atomic mass is 16.6. The van der Waals surface area contributed by atoms with Crippen LogP contribution in [0.1, 0.15) is 33.3 Å². The Morgan fingerprint density at radius 3 is 2.30 bits per heavy atom. The van der Waals surface area contributed by atoms with Gasteiger partial charge in [-0.15, -0.1) is 0 Å². The fraction of sp³-hybridized carbons (Fsp3) is 0.375. The number of aliphatic imine (C=N–C) groups is 1. The van der Waals surface area contributed by atoms with Gasteiger partial charge in [-0.2, -0.15) is 0 Å². The van der Waals surface area contributed by atoms with Gasteiger partial charge in [0.25, 0.3) is 0 Å². The van der Waals surface area contributed by atoms with Crippen LogP contribution in [0, 0.1) is 5.92 Å². The highest BCUT2D eigenvalue weighted by Gasteiger charge is 2.59. The number of allylic oxidation sites excluding steroid dienone is 2. The average molecular weight is 455 g/mol. The fourth-order valence-electron chi connectivity index (χ4n) is 3.76. The van der Waals surface area contributed by atoms with Gasteiger partial charge in [0.2, 0.25) is 5.90 Å². The first-order valence-electron chi connectivity index (χ1n) is 10.5. The molecule has 2 heterocycles. The molecule has 0 saturated heterocycles. The molecule has 0 bridgehead atoms. The molecule has 0 aromatic heterocycles. The van der Waals surface area contributed by atoms with Crippen LogP contribution in [0.5, 0.6) is 0 Å². The number of esters is 3. The van der Waals surface area contributed by atoms with Gasteiger partial charge in [0.15, 0.2) is 17.3 Å². The smallest absolute Gasteiger partial charge is 0.344 e. The highest BCUT2D eigenvalue weighted by molar-refractivity contribution is 6.25. The van der Waals surface area contributed by atoms with E-state index in [1.54, 1.807) is 13.8 Å². The van der Waals surface area contributed by atoms with Gasteiger partial charge in [-0.3, -0.25) is 9.59 Å². The first-order chi connectivity index (χ1) is 15.7. The molecule has 9 nitrogen and oxygen atoms in total. The van der Waals surface area contributed by atoms with Crippen molar-refractivity contribution in [3.63, 3.8) is 0 Å². The van der Waals surface area contributed by atoms with E-state index in [1.807, 2.05) is 30.3 Å². The van der Waals surface area contributed by atoms with Crippen molar-refractivity contribution < 1.29 is 38.1 Å². The minimum Gasteiger partial charge on any atom is -0.464 e. The number of hydrogen-bond acceptors (Lipinski definition) is 9. The molecule has 0 spiro atoms. The lowest BCUT2D eigenvalue weighted by Crippen LogP contribution is -2.50. The lowest BCUT2D eigenvalue weighted by atomic mass is 9.78. The maximum atomic E-state index is 13.0. The first-order valence-corrected chi connectivity index (χ1v) is 10.5. The van der Waals surface area contributed by atoms with Crippen molar-refractivity contribution in [1.82, 2.24) is 0 Å². The summed E-state index contributed by atoms with van der Waals surface area (Å²) in [6.45, 7) is 6.15. The molecule has 0 N–H and O–H groups in total. The van der Waals surface area contributed by atoms with Crippen LogP contribution < -0.4 is 0 Å². The van der Waals surface area contributed by atoms with E-state index in [0.29, 0.717) is 0 Å². The number of hydrogen-bond donors (Lipinski definition) is 0. The SMILES string of the molecule is CCOC(=O)C1=C(C(=O)OCC)C(C)(C2C(=O)C=C(C)OC2=O)OC1=NCc1ccccc1. The third-order valence-electron chi connectivity index (χ3n) is 5.15. The minimum atomic E-state index is -1.89. The van der Waals surface area contributed by atoms with E-state index in [-0.39, 0.29) is 42.6 Å². The topological polar surface area (TPSA) is 118 Å². The molecule has 9 heteroatoms. The standard InChI is InChI=1S/C24H25NO8/c1-5-30-21(27)17-19(22(28)31-6-2)24(4,18-16(26)12-14(3)32-23(18)29)33-20(17)25-13-15-10-8-7-9-11-15/h7-12,18H,5-6,13H2,1-4H3. The van der Waals surface area contributed by atoms with Gasteiger partial charge in [-0.05, 0) is 33.3 Å². The number of rotatable bonds is 7. The predicted octanol–water partition coefficient (Wildman–Crippen LogP) is 2.44. The van der Waals surface area contributed by atoms with E-state index in [9.17, 15) is 19.2 Å². The molecule has 2 aliphatic rings. The van der Waals surface area contributed by atoms with E-state index in [0.717, 1.165) is 11.6 Å². The number of benzene rings is 1. The van der Waals surface area contributed by atoms with E-state index in [1.165, 1.54) is 13.8 Å². The van der Waals surface area contributed by atoms with Crippen LogP contribution >= 0.6 is 0 Å². The lowest BCUT2D eigenvalue weighted by molar-refractivity contribution is -0.157. The highest BCUT2D eigenvalue weighted by Crippen LogP contribution is 2.43. The summed E-state index contributed by atoms with van der Waals surface area (Å²) in [4.78, 5) is 55.9. The zero-order valence-corrected chi connectivity index (χ0v) is 18.9. The predicted molar refractivity (Wildman–Crippen MR) is 116 cm³/mol. The molecule has 2 aliphatic heterocycles. The van der Waals surface area contributed by atoms with Gasteiger partial charge in [0.05, 0.1) is 19.8 Å². The Labute approximate surface area is 191 Å². The Kier molecular flexibility index (Phi) is 7.10. The molecule has 1 aromatic rings. The molecule has 2 unspecified atom stereocenters. The summed E-state index contributed by atoms with van der Waals surface area (Å²) in [5, 5.41) is 0. The second-order valence-electron chi connectivity index (χ2n) is 7.52. The van der Waals surface area contributed by atoms with Crippen LogP contribution in [0.3, 0.4) is 0 Å². The zero-order chi connectivity index (χ0) is 24.2. The summed E-state index contributed by atoms with van der Waals surface area (Å²) in [5.74, 6) is -4.96. The van der Waals surface area contributed by atoms with Gasteiger partial charge in [0.1, 0.15) is 16.9 Å². The van der Waals surface area contributed by atoms with Crippen molar-refractivity contribution in [1.29, 1.82) is 0 Å². The number of nitrogens with zero attached hydrogens (tertiary/aromatic N) is 1. The Morgan fingerprint density at radius 2 is 1.70 bits per heavy atom. The minimum absolute atomic E-state index is 0.00686. The summed E-state index contributed by atoms with van der Waals surface area (Å²) < 4.78 is 21.4. The molecule has 33 heavy (non-hydrogen) atoms. The molecule has 1 aromatic carbocycles. The fourth-order valence-corrected chi connectivity index (χ4v) is 3.76. The maximum absolute atomic E-state index is 13.0. The third-order valence-corrected chi connectivity index (χ3v) is 5.15. The Hall–Kier alpha value is -3.75. The first kappa shape index (κ1) is 23.9. The van der Waals surface area contributed by atoms with Gasteiger partial charge in [-0.1, -0.05) is 30.3 Å². The van der Waals surface area contributed by atoms with Crippen molar-refractivity contribution in [3.05, 3.63) is 58.9 Å². The Bertz CT molecular complexity index is 1070. The molecular weight excluding hydrogens is 430 g/mol. The summed E-state index contributed by atoms with van der Waals surface area (Å²) in [5.41, 5.74) is -1.66. The second-order valence-corrected chi connectivity index (χ2v) is 7.52. The van der Waals surface area contributed by atoms with Crippen molar-refractivity contribution in [2.24, 2.45) is 10.9 Å². The molecule has 0 saturated carbocycles. The van der Waals surface area contributed by atoms with Gasteiger partial charge in [-0.25, -0.2) is 14.6 Å². The number of cyclic esters (lactones) is 1. The summed E-state index contributed by atoms with van der Waals surface area (Å²) in [6, 6.07) is 9.15. The number of carbonyl (C=O) groups excluding carboxylic acids is 4. The van der Waals surface area contributed by atoms with Gasteiger partial charge < -0.3 is 18.9 Å². The zero-order valence-electron chi connectivity index (χ0n) is 18.9. The molecule has 0 aliphatic carbocycles. The quantitative estimate of drug-likeness (QED) is 0.350. The molecule has 2 atom stereocenters. The van der Waals surface area contributed by atoms with Crippen molar-refractivity contribution >= 4 is 29.6 Å². The van der Waals surface area contributed by atoms with E-state index < -0.39 is 35.2 Å². The van der Waals surface area contributed by atoms with Crippen LogP contribution in [0.25, 0.3) is 0 Å². The maximum Gasteiger partial charge on any atom is 0.344 e. The second kappa shape index (κ2) is 9.81. The molecule has 0 amide bonds. The van der Waals surface area contributed by atoms with Crippen molar-refractivity contribution in [2.75, 3.05) is 13.2 Å². The van der Waals surface area contributed by atoms with E-state index in [4.69, 9.17) is 18.9 Å². The van der Waals surface area contributed by atoms with Crippen LogP contribution in [0.4, 0.5) is 0 Å². The van der Waals surface area contributed by atoms with Crippen LogP contribution in [0.2, 0.25) is 0 Å². The van der Waals surface area contributed by atoms with Crippen LogP contribution in [-0.4, -0.2) is 48.4 Å². The lowest BCUT2D eigenvalue weighted by Gasteiger charge is -2.33. The molecule has 3 rings (SSSR count). The van der Waals surface area contributed by atoms with E-state index in [2.05, 4.69) is 4.99 Å². The van der Waals surface area contributed by atoms with Crippen LogP contribution in [-0.2, 0) is 44.7 Å². The molecule has 0 radical (unpaired) electrons. The molecular formula is C24H25NO8. The largest absolute Gasteiger partial charge is 0.464 e. The van der Waals surface area contributed by atoms with Gasteiger partial charge >= 0.3 is 17.9 Å². The monoisotopic (exact) mass is 455 g/mol. The number of carbonyl (C=O) groups is 4. The normalized spacial score (nSPS) is 23.7. The van der Waals surface area contributed by atoms with Gasteiger partial charge in [0, 0.05) is 6.08 Å². The van der Waals surface area contributed by atoms with Crippen LogP contribution in [0.15, 0.2) is 58.3 Å². The summed E-state index contributed by atoms with van der Waals surface area (Å²) in [7, 11) is 0. The number of ketones is 1. The third kappa shape index (κ3) is 4.72. The molecule has 174 valence electrons. The summed E-state index contributed by atoms with van der Waals surface area (Å²) >= 11 is 0. The average Bonchev–Trinajstić information content (AvgIpc) is 3.05. The molecule has 0 fully saturated rings. The van der Waals surface area contributed by atoms with Crippen molar-refractivity contribution in [2.45, 2.75) is 39.8 Å². The van der Waals surface area contributed by atoms with E-state index >= 15 is 0 Å². The number of ether oxygens (including phenoxy) is 4. The Balaban J connectivity index is 2.18. The van der Waals surface area contributed by atoms with Crippen molar-refractivity contribution in [3.8, 4) is 0 Å².